The molecule has 0 bridgehead atoms. The summed E-state index contributed by atoms with van der Waals surface area (Å²) in [6, 6.07) is 4.69. The van der Waals surface area contributed by atoms with Crippen LogP contribution in [0.5, 0.6) is 0 Å². The normalized spacial score (nSPS) is 13.9. The lowest BCUT2D eigenvalue weighted by atomic mass is 10.0. The zero-order valence-electron chi connectivity index (χ0n) is 7.89. The molecule has 0 unspecified atom stereocenters. The minimum Gasteiger partial charge on any atom is -0.324 e. The van der Waals surface area contributed by atoms with Gasteiger partial charge in [0.05, 0.1) is 0 Å². The maximum Gasteiger partial charge on any atom is 0.389 e. The van der Waals surface area contributed by atoms with E-state index in [-0.39, 0.29) is 12.0 Å². The molecule has 1 aromatic carbocycles. The van der Waals surface area contributed by atoms with Crippen LogP contribution in [0.1, 0.15) is 24.4 Å². The molecule has 15 heavy (non-hydrogen) atoms. The van der Waals surface area contributed by atoms with Crippen LogP contribution in [-0.2, 0) is 0 Å². The number of rotatable bonds is 3. The number of hydrogen-bond acceptors (Lipinski definition) is 1. The zero-order chi connectivity index (χ0) is 11.5. The maximum atomic E-state index is 13.1. The third kappa shape index (κ3) is 3.87. The van der Waals surface area contributed by atoms with Gasteiger partial charge in [-0.2, -0.15) is 13.2 Å². The summed E-state index contributed by atoms with van der Waals surface area (Å²) >= 11 is 0. The first-order valence-electron chi connectivity index (χ1n) is 4.47. The Morgan fingerprint density at radius 3 is 2.33 bits per heavy atom. The number of benzene rings is 1. The van der Waals surface area contributed by atoms with Crippen LogP contribution in [0, 0.1) is 5.82 Å². The molecule has 0 amide bonds. The molecule has 0 aliphatic heterocycles. The Kier molecular flexibility index (Phi) is 3.68. The average Bonchev–Trinajstić information content (AvgIpc) is 2.14. The van der Waals surface area contributed by atoms with Gasteiger partial charge in [0.1, 0.15) is 5.82 Å². The summed E-state index contributed by atoms with van der Waals surface area (Å²) < 4.78 is 48.7. The average molecular weight is 221 g/mol. The maximum absolute atomic E-state index is 13.1. The van der Waals surface area contributed by atoms with Crippen LogP contribution in [0.3, 0.4) is 0 Å². The second-order valence-electron chi connectivity index (χ2n) is 3.28. The molecule has 1 rings (SSSR count). The van der Waals surface area contributed by atoms with Gasteiger partial charge in [-0.05, 0) is 12.5 Å². The Morgan fingerprint density at radius 1 is 1.20 bits per heavy atom. The second-order valence-corrected chi connectivity index (χ2v) is 3.28. The van der Waals surface area contributed by atoms with Crippen LogP contribution in [0.15, 0.2) is 24.3 Å². The summed E-state index contributed by atoms with van der Waals surface area (Å²) in [5, 5.41) is 0. The van der Waals surface area contributed by atoms with Crippen molar-refractivity contribution in [2.45, 2.75) is 25.1 Å². The van der Waals surface area contributed by atoms with E-state index in [0.717, 1.165) is 0 Å². The summed E-state index contributed by atoms with van der Waals surface area (Å²) in [5.41, 5.74) is 5.59. The quantitative estimate of drug-likeness (QED) is 0.779. The summed E-state index contributed by atoms with van der Waals surface area (Å²) in [5.74, 6) is -0.563. The summed E-state index contributed by atoms with van der Waals surface area (Å²) in [6.07, 6.45) is -5.55. The van der Waals surface area contributed by atoms with Gasteiger partial charge in [-0.25, -0.2) is 4.39 Å². The van der Waals surface area contributed by atoms with Crippen LogP contribution in [0.4, 0.5) is 17.6 Å². The minimum absolute atomic E-state index is 0.127. The van der Waals surface area contributed by atoms with Crippen LogP contribution < -0.4 is 5.73 Å². The molecule has 0 saturated carbocycles. The number of alkyl halides is 3. The third-order valence-electron chi connectivity index (χ3n) is 2.04. The van der Waals surface area contributed by atoms with Crippen molar-refractivity contribution in [3.8, 4) is 0 Å². The van der Waals surface area contributed by atoms with Crippen molar-refractivity contribution >= 4 is 0 Å². The minimum atomic E-state index is -4.25. The first kappa shape index (κ1) is 12.0. The van der Waals surface area contributed by atoms with Crippen molar-refractivity contribution < 1.29 is 17.6 Å². The van der Waals surface area contributed by atoms with Crippen LogP contribution >= 0.6 is 0 Å². The summed E-state index contributed by atoms with van der Waals surface area (Å²) in [6.45, 7) is 0. The fourth-order valence-corrected chi connectivity index (χ4v) is 1.25. The van der Waals surface area contributed by atoms with E-state index in [1.165, 1.54) is 18.2 Å². The predicted molar refractivity (Wildman–Crippen MR) is 48.6 cm³/mol. The predicted octanol–water partition coefficient (Wildman–Crippen LogP) is 3.17. The van der Waals surface area contributed by atoms with Crippen LogP contribution in [0.2, 0.25) is 0 Å². The Morgan fingerprint density at radius 2 is 1.80 bits per heavy atom. The Bertz CT molecular complexity index is 321. The molecule has 0 spiro atoms. The molecule has 0 saturated heterocycles. The molecule has 5 heteroatoms. The fraction of sp³-hybridized carbons (Fsp3) is 0.400. The molecule has 0 radical (unpaired) electrons. The molecule has 0 fully saturated rings. The van der Waals surface area contributed by atoms with Gasteiger partial charge < -0.3 is 5.73 Å². The standard InChI is InChI=1S/C10H11F4N/c11-8-4-2-1-3-7(8)9(15)5-6-10(12,13)14/h1-4,9H,5-6,15H2/t9-/m1/s1. The van der Waals surface area contributed by atoms with Crippen molar-refractivity contribution in [1.29, 1.82) is 0 Å². The van der Waals surface area contributed by atoms with Gasteiger partial charge >= 0.3 is 6.18 Å². The fourth-order valence-electron chi connectivity index (χ4n) is 1.25. The number of hydrogen-bond donors (Lipinski definition) is 1. The molecule has 1 aromatic rings. The molecule has 0 aliphatic carbocycles. The van der Waals surface area contributed by atoms with Gasteiger partial charge in [-0.15, -0.1) is 0 Å². The van der Waals surface area contributed by atoms with Gasteiger partial charge in [-0.3, -0.25) is 0 Å². The largest absolute Gasteiger partial charge is 0.389 e. The van der Waals surface area contributed by atoms with E-state index >= 15 is 0 Å². The first-order valence-corrected chi connectivity index (χ1v) is 4.47. The van der Waals surface area contributed by atoms with Gasteiger partial charge in [0.2, 0.25) is 0 Å². The van der Waals surface area contributed by atoms with E-state index in [4.69, 9.17) is 5.73 Å². The Balaban J connectivity index is 2.62. The van der Waals surface area contributed by atoms with E-state index in [9.17, 15) is 17.6 Å². The molecule has 2 N–H and O–H groups in total. The van der Waals surface area contributed by atoms with Crippen LogP contribution in [-0.4, -0.2) is 6.18 Å². The smallest absolute Gasteiger partial charge is 0.324 e. The van der Waals surface area contributed by atoms with E-state index in [1.807, 2.05) is 0 Å². The highest BCUT2D eigenvalue weighted by Crippen LogP contribution is 2.27. The SMILES string of the molecule is N[C@H](CCC(F)(F)F)c1ccccc1F. The van der Waals surface area contributed by atoms with Gasteiger partial charge in [-0.1, -0.05) is 18.2 Å². The van der Waals surface area contributed by atoms with Gasteiger partial charge in [0, 0.05) is 18.0 Å². The number of nitrogens with two attached hydrogens (primary N) is 1. The first-order chi connectivity index (χ1) is 6.90. The summed E-state index contributed by atoms with van der Waals surface area (Å²) in [7, 11) is 0. The Labute approximate surface area is 84.9 Å². The molecule has 0 aliphatic rings. The lowest BCUT2D eigenvalue weighted by Gasteiger charge is -2.13. The highest BCUT2D eigenvalue weighted by molar-refractivity contribution is 5.20. The zero-order valence-corrected chi connectivity index (χ0v) is 7.89. The van der Waals surface area contributed by atoms with Gasteiger partial charge in [0.15, 0.2) is 0 Å². The Hall–Kier alpha value is -1.10. The van der Waals surface area contributed by atoms with Gasteiger partial charge in [0.25, 0.3) is 0 Å². The second kappa shape index (κ2) is 4.61. The molecule has 84 valence electrons. The van der Waals surface area contributed by atoms with Crippen LogP contribution in [0.25, 0.3) is 0 Å². The monoisotopic (exact) mass is 221 g/mol. The highest BCUT2D eigenvalue weighted by Gasteiger charge is 2.28. The lowest BCUT2D eigenvalue weighted by molar-refractivity contribution is -0.136. The molecule has 0 aromatic heterocycles. The summed E-state index contributed by atoms with van der Waals surface area (Å²) in [4.78, 5) is 0. The van der Waals surface area contributed by atoms with E-state index in [2.05, 4.69) is 0 Å². The topological polar surface area (TPSA) is 26.0 Å². The lowest BCUT2D eigenvalue weighted by Crippen LogP contribution is -2.16. The van der Waals surface area contributed by atoms with E-state index < -0.39 is 24.5 Å². The molecular formula is C10H11F4N. The van der Waals surface area contributed by atoms with E-state index in [0.29, 0.717) is 0 Å². The van der Waals surface area contributed by atoms with E-state index in [1.54, 1.807) is 6.07 Å². The molecular weight excluding hydrogens is 210 g/mol. The van der Waals surface area contributed by atoms with Crippen molar-refractivity contribution in [1.82, 2.24) is 0 Å². The molecule has 0 heterocycles. The molecule has 1 nitrogen and oxygen atoms in total. The van der Waals surface area contributed by atoms with Crippen molar-refractivity contribution in [2.75, 3.05) is 0 Å². The molecule has 1 atom stereocenters. The van der Waals surface area contributed by atoms with Crippen molar-refractivity contribution in [3.63, 3.8) is 0 Å². The van der Waals surface area contributed by atoms with Crippen molar-refractivity contribution in [3.05, 3.63) is 35.6 Å². The highest BCUT2D eigenvalue weighted by atomic mass is 19.4. The number of halogens is 4. The third-order valence-corrected chi connectivity index (χ3v) is 2.04. The van der Waals surface area contributed by atoms with Crippen molar-refractivity contribution in [2.24, 2.45) is 5.73 Å².